The number of hydrogen-bond acceptors (Lipinski definition) is 3. The Hall–Kier alpha value is -2.69. The van der Waals surface area contributed by atoms with Crippen LogP contribution in [-0.4, -0.2) is 17.4 Å². The fourth-order valence-corrected chi connectivity index (χ4v) is 3.52. The van der Waals surface area contributed by atoms with Gasteiger partial charge in [-0.05, 0) is 24.5 Å². The number of amides is 1. The molecule has 0 unspecified atom stereocenters. The van der Waals surface area contributed by atoms with E-state index in [1.807, 2.05) is 18.2 Å². The predicted octanol–water partition coefficient (Wildman–Crippen LogP) is 3.84. The van der Waals surface area contributed by atoms with Gasteiger partial charge in [-0.2, -0.15) is 0 Å². The van der Waals surface area contributed by atoms with Crippen molar-refractivity contribution in [3.8, 4) is 0 Å². The molecular weight excluding hydrogens is 304 g/mol. The van der Waals surface area contributed by atoms with Gasteiger partial charge in [-0.25, -0.2) is 0 Å². The second-order valence-corrected chi connectivity index (χ2v) is 6.34. The first-order valence-corrected chi connectivity index (χ1v) is 8.19. The van der Waals surface area contributed by atoms with E-state index >= 15 is 0 Å². The number of nitro groups is 1. The number of nitro benzene ring substituents is 1. The third-order valence-corrected chi connectivity index (χ3v) is 4.85. The number of carbonyl (C=O) groups is 1. The molecule has 1 amide bonds. The van der Waals surface area contributed by atoms with Crippen molar-refractivity contribution in [2.24, 2.45) is 0 Å². The lowest BCUT2D eigenvalue weighted by atomic mass is 9.79. The summed E-state index contributed by atoms with van der Waals surface area (Å²) in [5, 5.41) is 13.8. The van der Waals surface area contributed by atoms with Crippen molar-refractivity contribution in [1.29, 1.82) is 0 Å². The summed E-state index contributed by atoms with van der Waals surface area (Å²) >= 11 is 0. The van der Waals surface area contributed by atoms with E-state index in [-0.39, 0.29) is 17.0 Å². The van der Waals surface area contributed by atoms with E-state index in [1.165, 1.54) is 23.8 Å². The van der Waals surface area contributed by atoms with Gasteiger partial charge in [0.15, 0.2) is 0 Å². The summed E-state index contributed by atoms with van der Waals surface area (Å²) < 4.78 is 0. The summed E-state index contributed by atoms with van der Waals surface area (Å²) in [5.41, 5.74) is 1.48. The molecule has 2 aromatic rings. The van der Waals surface area contributed by atoms with Crippen LogP contribution in [0.5, 0.6) is 0 Å². The van der Waals surface area contributed by atoms with Gasteiger partial charge >= 0.3 is 0 Å². The van der Waals surface area contributed by atoms with E-state index < -0.39 is 4.92 Å². The number of carbonyl (C=O) groups excluding carboxylic acids is 1. The smallest absolute Gasteiger partial charge is 0.270 e. The number of nitrogens with zero attached hydrogens (tertiary/aromatic N) is 1. The number of benzene rings is 2. The molecule has 1 aliphatic rings. The van der Waals surface area contributed by atoms with Gasteiger partial charge in [-0.15, -0.1) is 0 Å². The lowest BCUT2D eigenvalue weighted by molar-refractivity contribution is -0.384. The second kappa shape index (κ2) is 6.83. The van der Waals surface area contributed by atoms with Gasteiger partial charge in [-0.1, -0.05) is 49.2 Å². The van der Waals surface area contributed by atoms with Crippen molar-refractivity contribution in [2.75, 3.05) is 6.54 Å². The fourth-order valence-electron chi connectivity index (χ4n) is 3.52. The highest BCUT2D eigenvalue weighted by atomic mass is 16.6. The maximum atomic E-state index is 12.4. The topological polar surface area (TPSA) is 72.2 Å². The summed E-state index contributed by atoms with van der Waals surface area (Å²) in [7, 11) is 0. The average Bonchev–Trinajstić information content (AvgIpc) is 3.11. The molecule has 1 aliphatic carbocycles. The standard InChI is InChI=1S/C19H20N2O3/c22-18(15-7-6-10-17(13-15)21(23)24)20-14-19(11-4-5-12-19)16-8-2-1-3-9-16/h1-3,6-10,13H,4-5,11-12,14H2,(H,20,22). The maximum absolute atomic E-state index is 12.4. The van der Waals surface area contributed by atoms with E-state index in [2.05, 4.69) is 17.4 Å². The summed E-state index contributed by atoms with van der Waals surface area (Å²) in [6.45, 7) is 0.554. The number of nitrogens with one attached hydrogen (secondary N) is 1. The molecule has 0 spiro atoms. The monoisotopic (exact) mass is 324 g/mol. The van der Waals surface area contributed by atoms with Gasteiger partial charge in [0, 0.05) is 29.7 Å². The van der Waals surface area contributed by atoms with Crippen LogP contribution in [0, 0.1) is 10.1 Å². The number of hydrogen-bond donors (Lipinski definition) is 1. The molecule has 1 N–H and O–H groups in total. The molecule has 3 rings (SSSR count). The first-order chi connectivity index (χ1) is 11.6. The first kappa shape index (κ1) is 16.2. The van der Waals surface area contributed by atoms with Crippen LogP contribution in [0.4, 0.5) is 5.69 Å². The lowest BCUT2D eigenvalue weighted by Gasteiger charge is -2.30. The first-order valence-electron chi connectivity index (χ1n) is 8.19. The SMILES string of the molecule is O=C(NCC1(c2ccccc2)CCCC1)c1cccc([N+](=O)[O-])c1. The largest absolute Gasteiger partial charge is 0.351 e. The van der Waals surface area contributed by atoms with Crippen molar-refractivity contribution in [3.05, 3.63) is 75.8 Å². The quantitative estimate of drug-likeness (QED) is 0.671. The molecule has 1 saturated carbocycles. The Kier molecular flexibility index (Phi) is 4.60. The molecule has 5 heteroatoms. The summed E-state index contributed by atoms with van der Waals surface area (Å²) in [6, 6.07) is 16.1. The number of rotatable bonds is 5. The molecule has 0 heterocycles. The lowest BCUT2D eigenvalue weighted by Crippen LogP contribution is -2.39. The predicted molar refractivity (Wildman–Crippen MR) is 92.0 cm³/mol. The zero-order valence-electron chi connectivity index (χ0n) is 13.4. The van der Waals surface area contributed by atoms with Crippen molar-refractivity contribution < 1.29 is 9.72 Å². The highest BCUT2D eigenvalue weighted by Crippen LogP contribution is 2.40. The molecule has 0 saturated heterocycles. The normalized spacial score (nSPS) is 15.8. The minimum Gasteiger partial charge on any atom is -0.351 e. The Balaban J connectivity index is 1.75. The van der Waals surface area contributed by atoms with E-state index in [0.717, 1.165) is 25.7 Å². The van der Waals surface area contributed by atoms with Crippen LogP contribution in [0.15, 0.2) is 54.6 Å². The fraction of sp³-hybridized carbons (Fsp3) is 0.316. The molecular formula is C19H20N2O3. The van der Waals surface area contributed by atoms with E-state index in [1.54, 1.807) is 6.07 Å². The van der Waals surface area contributed by atoms with Crippen molar-refractivity contribution in [3.63, 3.8) is 0 Å². The molecule has 0 bridgehead atoms. The van der Waals surface area contributed by atoms with Crippen molar-refractivity contribution in [1.82, 2.24) is 5.32 Å². The average molecular weight is 324 g/mol. The maximum Gasteiger partial charge on any atom is 0.270 e. The Labute approximate surface area is 140 Å². The van der Waals surface area contributed by atoms with Crippen molar-refractivity contribution in [2.45, 2.75) is 31.1 Å². The van der Waals surface area contributed by atoms with E-state index in [9.17, 15) is 14.9 Å². The van der Waals surface area contributed by atoms with Gasteiger partial charge in [-0.3, -0.25) is 14.9 Å². The summed E-state index contributed by atoms with van der Waals surface area (Å²) in [4.78, 5) is 22.8. The highest BCUT2D eigenvalue weighted by Gasteiger charge is 2.35. The van der Waals surface area contributed by atoms with Crippen LogP contribution in [0.1, 0.15) is 41.6 Å². The van der Waals surface area contributed by atoms with Crippen LogP contribution < -0.4 is 5.32 Å². The Morgan fingerprint density at radius 2 is 1.79 bits per heavy atom. The Morgan fingerprint density at radius 3 is 2.46 bits per heavy atom. The highest BCUT2D eigenvalue weighted by molar-refractivity contribution is 5.94. The van der Waals surface area contributed by atoms with Crippen molar-refractivity contribution >= 4 is 11.6 Å². The molecule has 2 aromatic carbocycles. The van der Waals surface area contributed by atoms with E-state index in [0.29, 0.717) is 12.1 Å². The van der Waals surface area contributed by atoms with Crippen LogP contribution in [-0.2, 0) is 5.41 Å². The number of non-ortho nitro benzene ring substituents is 1. The van der Waals surface area contributed by atoms with E-state index in [4.69, 9.17) is 0 Å². The molecule has 124 valence electrons. The zero-order chi connectivity index (χ0) is 17.0. The third kappa shape index (κ3) is 3.30. The van der Waals surface area contributed by atoms with Crippen LogP contribution in [0.3, 0.4) is 0 Å². The zero-order valence-corrected chi connectivity index (χ0v) is 13.4. The molecule has 5 nitrogen and oxygen atoms in total. The van der Waals surface area contributed by atoms with Gasteiger partial charge in [0.05, 0.1) is 4.92 Å². The second-order valence-electron chi connectivity index (χ2n) is 6.34. The Morgan fingerprint density at radius 1 is 1.08 bits per heavy atom. The Bertz CT molecular complexity index is 737. The molecule has 24 heavy (non-hydrogen) atoms. The van der Waals surface area contributed by atoms with Crippen LogP contribution >= 0.6 is 0 Å². The molecule has 0 aromatic heterocycles. The molecule has 0 radical (unpaired) electrons. The molecule has 0 aliphatic heterocycles. The van der Waals surface area contributed by atoms with Crippen LogP contribution in [0.25, 0.3) is 0 Å². The molecule has 0 atom stereocenters. The minimum absolute atomic E-state index is 0.0301. The van der Waals surface area contributed by atoms with Gasteiger partial charge in [0.1, 0.15) is 0 Å². The van der Waals surface area contributed by atoms with Gasteiger partial charge in [0.2, 0.25) is 0 Å². The summed E-state index contributed by atoms with van der Waals surface area (Å²) in [6.07, 6.45) is 4.40. The van der Waals surface area contributed by atoms with Gasteiger partial charge < -0.3 is 5.32 Å². The van der Waals surface area contributed by atoms with Gasteiger partial charge in [0.25, 0.3) is 11.6 Å². The summed E-state index contributed by atoms with van der Waals surface area (Å²) in [5.74, 6) is -0.263. The van der Waals surface area contributed by atoms with Crippen LogP contribution in [0.2, 0.25) is 0 Å². The third-order valence-electron chi connectivity index (χ3n) is 4.85. The molecule has 1 fully saturated rings. The minimum atomic E-state index is -0.487.